The summed E-state index contributed by atoms with van der Waals surface area (Å²) in [5.74, 6) is 0.938. The third kappa shape index (κ3) is 4.91. The number of pyridine rings is 1. The highest BCUT2D eigenvalue weighted by molar-refractivity contribution is 9.10. The largest absolute Gasteiger partial charge is 0.488 e. The SMILES string of the molecule is Brc1ccc(OCc2ccccc2)c(C[NH2+]Cc2ccncc2)c1. The van der Waals surface area contributed by atoms with E-state index in [9.17, 15) is 0 Å². The molecular weight excluding hydrogens is 364 g/mol. The lowest BCUT2D eigenvalue weighted by molar-refractivity contribution is -0.686. The molecule has 0 saturated carbocycles. The van der Waals surface area contributed by atoms with Crippen molar-refractivity contribution < 1.29 is 10.1 Å². The van der Waals surface area contributed by atoms with Crippen LogP contribution in [0.4, 0.5) is 0 Å². The number of hydrogen-bond acceptors (Lipinski definition) is 2. The summed E-state index contributed by atoms with van der Waals surface area (Å²) in [5, 5.41) is 2.27. The Balaban J connectivity index is 1.62. The molecule has 0 aliphatic heterocycles. The predicted molar refractivity (Wildman–Crippen MR) is 98.5 cm³/mol. The van der Waals surface area contributed by atoms with Crippen LogP contribution in [0.15, 0.2) is 77.5 Å². The molecule has 3 nitrogen and oxygen atoms in total. The fourth-order valence-electron chi connectivity index (χ4n) is 2.50. The van der Waals surface area contributed by atoms with Crippen LogP contribution in [0.1, 0.15) is 16.7 Å². The maximum absolute atomic E-state index is 6.03. The Bertz CT molecular complexity index is 763. The number of hydrogen-bond donors (Lipinski definition) is 1. The Kier molecular flexibility index (Phi) is 5.99. The van der Waals surface area contributed by atoms with E-state index in [2.05, 4.69) is 44.4 Å². The lowest BCUT2D eigenvalue weighted by Gasteiger charge is -2.12. The summed E-state index contributed by atoms with van der Waals surface area (Å²) in [6, 6.07) is 20.5. The van der Waals surface area contributed by atoms with Gasteiger partial charge in [0.1, 0.15) is 25.4 Å². The summed E-state index contributed by atoms with van der Waals surface area (Å²) in [6.45, 7) is 2.37. The summed E-state index contributed by atoms with van der Waals surface area (Å²) in [5.41, 5.74) is 3.63. The van der Waals surface area contributed by atoms with Crippen molar-refractivity contribution in [3.05, 3.63) is 94.2 Å². The van der Waals surface area contributed by atoms with Gasteiger partial charge in [-0.1, -0.05) is 46.3 Å². The standard InChI is InChI=1S/C20H19BrN2O/c21-19-6-7-20(24-15-17-4-2-1-3-5-17)18(12-19)14-23-13-16-8-10-22-11-9-16/h1-12,23H,13-15H2/p+1. The molecule has 0 radical (unpaired) electrons. The molecule has 0 fully saturated rings. The minimum atomic E-state index is 0.583. The minimum absolute atomic E-state index is 0.583. The topological polar surface area (TPSA) is 38.7 Å². The molecule has 0 aliphatic carbocycles. The quantitative estimate of drug-likeness (QED) is 0.675. The normalized spacial score (nSPS) is 10.5. The van der Waals surface area contributed by atoms with E-state index in [0.29, 0.717) is 6.61 Å². The molecule has 3 aromatic rings. The third-order valence-corrected chi connectivity index (χ3v) is 4.25. The summed E-state index contributed by atoms with van der Waals surface area (Å²) in [7, 11) is 0. The van der Waals surface area contributed by atoms with Crippen molar-refractivity contribution in [3.8, 4) is 5.75 Å². The Morgan fingerprint density at radius 2 is 1.67 bits per heavy atom. The van der Waals surface area contributed by atoms with E-state index < -0.39 is 0 Å². The second-order valence-electron chi connectivity index (χ2n) is 5.58. The fourth-order valence-corrected chi connectivity index (χ4v) is 2.91. The van der Waals surface area contributed by atoms with Gasteiger partial charge in [0.05, 0.1) is 0 Å². The van der Waals surface area contributed by atoms with E-state index in [1.165, 1.54) is 16.7 Å². The average molecular weight is 384 g/mol. The van der Waals surface area contributed by atoms with E-state index in [-0.39, 0.29) is 0 Å². The molecular formula is C20H20BrN2O+. The van der Waals surface area contributed by atoms with Gasteiger partial charge in [-0.3, -0.25) is 4.98 Å². The van der Waals surface area contributed by atoms with Crippen molar-refractivity contribution in [2.24, 2.45) is 0 Å². The van der Waals surface area contributed by atoms with Crippen LogP contribution in [-0.2, 0) is 19.7 Å². The van der Waals surface area contributed by atoms with Crippen LogP contribution in [0.3, 0.4) is 0 Å². The first kappa shape index (κ1) is 16.7. The number of benzene rings is 2. The van der Waals surface area contributed by atoms with Gasteiger partial charge in [-0.2, -0.15) is 0 Å². The zero-order valence-corrected chi connectivity index (χ0v) is 14.9. The van der Waals surface area contributed by atoms with Crippen molar-refractivity contribution >= 4 is 15.9 Å². The molecule has 1 aromatic heterocycles. The molecule has 2 aromatic carbocycles. The number of nitrogens with two attached hydrogens (primary N) is 1. The first-order chi connectivity index (χ1) is 11.8. The minimum Gasteiger partial charge on any atom is -0.488 e. The van der Waals surface area contributed by atoms with Crippen LogP contribution in [0, 0.1) is 0 Å². The van der Waals surface area contributed by atoms with Crippen molar-refractivity contribution in [1.29, 1.82) is 0 Å². The fraction of sp³-hybridized carbons (Fsp3) is 0.150. The Morgan fingerprint density at radius 3 is 2.46 bits per heavy atom. The van der Waals surface area contributed by atoms with Gasteiger partial charge in [0.2, 0.25) is 0 Å². The number of quaternary nitrogens is 1. The van der Waals surface area contributed by atoms with E-state index in [4.69, 9.17) is 4.74 Å². The van der Waals surface area contributed by atoms with Gasteiger partial charge < -0.3 is 10.1 Å². The van der Waals surface area contributed by atoms with Gasteiger partial charge in [0, 0.05) is 28.0 Å². The number of rotatable bonds is 7. The first-order valence-corrected chi connectivity index (χ1v) is 8.76. The third-order valence-electron chi connectivity index (χ3n) is 3.75. The summed E-state index contributed by atoms with van der Waals surface area (Å²) >= 11 is 3.55. The zero-order chi connectivity index (χ0) is 16.6. The molecule has 2 N–H and O–H groups in total. The van der Waals surface area contributed by atoms with Gasteiger partial charge in [-0.05, 0) is 35.9 Å². The number of ether oxygens (including phenoxy) is 1. The van der Waals surface area contributed by atoms with Crippen LogP contribution in [-0.4, -0.2) is 4.98 Å². The highest BCUT2D eigenvalue weighted by Crippen LogP contribution is 2.23. The van der Waals surface area contributed by atoms with E-state index in [1.54, 1.807) is 0 Å². The van der Waals surface area contributed by atoms with E-state index >= 15 is 0 Å². The molecule has 0 unspecified atom stereocenters. The molecule has 4 heteroatoms. The number of aromatic nitrogens is 1. The van der Waals surface area contributed by atoms with E-state index in [1.807, 2.05) is 54.9 Å². The van der Waals surface area contributed by atoms with Crippen molar-refractivity contribution in [2.45, 2.75) is 19.7 Å². The Hall–Kier alpha value is -2.17. The highest BCUT2D eigenvalue weighted by atomic mass is 79.9. The molecule has 1 heterocycles. The first-order valence-electron chi connectivity index (χ1n) is 7.97. The summed E-state index contributed by atoms with van der Waals surface area (Å²) in [6.07, 6.45) is 3.66. The van der Waals surface area contributed by atoms with Crippen LogP contribution >= 0.6 is 15.9 Å². The van der Waals surface area contributed by atoms with Gasteiger partial charge >= 0.3 is 0 Å². The predicted octanol–water partition coefficient (Wildman–Crippen LogP) is 3.69. The zero-order valence-electron chi connectivity index (χ0n) is 13.4. The van der Waals surface area contributed by atoms with Gasteiger partial charge in [-0.15, -0.1) is 0 Å². The lowest BCUT2D eigenvalue weighted by atomic mass is 10.2. The van der Waals surface area contributed by atoms with Crippen molar-refractivity contribution in [3.63, 3.8) is 0 Å². The molecule has 122 valence electrons. The van der Waals surface area contributed by atoms with Crippen LogP contribution in [0.2, 0.25) is 0 Å². The smallest absolute Gasteiger partial charge is 0.128 e. The van der Waals surface area contributed by atoms with Crippen molar-refractivity contribution in [2.75, 3.05) is 0 Å². The molecule has 24 heavy (non-hydrogen) atoms. The maximum Gasteiger partial charge on any atom is 0.128 e. The van der Waals surface area contributed by atoms with Crippen LogP contribution in [0.25, 0.3) is 0 Å². The average Bonchev–Trinajstić information content (AvgIpc) is 2.63. The van der Waals surface area contributed by atoms with Crippen LogP contribution in [0.5, 0.6) is 5.75 Å². The molecule has 0 aliphatic rings. The highest BCUT2D eigenvalue weighted by Gasteiger charge is 2.07. The molecule has 0 saturated heterocycles. The molecule has 0 atom stereocenters. The molecule has 0 amide bonds. The number of nitrogens with zero attached hydrogens (tertiary/aromatic N) is 1. The monoisotopic (exact) mass is 383 g/mol. The Labute approximate surface area is 150 Å². The van der Waals surface area contributed by atoms with Gasteiger partial charge in [0.15, 0.2) is 0 Å². The van der Waals surface area contributed by atoms with Gasteiger partial charge in [-0.25, -0.2) is 0 Å². The number of halogens is 1. The van der Waals surface area contributed by atoms with E-state index in [0.717, 1.165) is 23.3 Å². The second kappa shape index (κ2) is 8.62. The summed E-state index contributed by atoms with van der Waals surface area (Å²) in [4.78, 5) is 4.05. The lowest BCUT2D eigenvalue weighted by Crippen LogP contribution is -2.80. The summed E-state index contributed by atoms with van der Waals surface area (Å²) < 4.78 is 7.10. The maximum atomic E-state index is 6.03. The molecule has 0 bridgehead atoms. The van der Waals surface area contributed by atoms with Gasteiger partial charge in [0.25, 0.3) is 0 Å². The second-order valence-corrected chi connectivity index (χ2v) is 6.49. The Morgan fingerprint density at radius 1 is 0.875 bits per heavy atom. The molecule has 0 spiro atoms. The van der Waals surface area contributed by atoms with Crippen molar-refractivity contribution in [1.82, 2.24) is 4.98 Å². The van der Waals surface area contributed by atoms with Crippen LogP contribution < -0.4 is 10.1 Å². The molecule has 3 rings (SSSR count).